The smallest absolute Gasteiger partial charge is 0.232 e. The van der Waals surface area contributed by atoms with Crippen LogP contribution in [0.2, 0.25) is 5.28 Å². The van der Waals surface area contributed by atoms with Gasteiger partial charge in [-0.1, -0.05) is 6.07 Å². The van der Waals surface area contributed by atoms with Crippen molar-refractivity contribution in [3.05, 3.63) is 59.6 Å². The summed E-state index contributed by atoms with van der Waals surface area (Å²) in [6.07, 6.45) is 0. The molecule has 122 valence electrons. The SMILES string of the molecule is COc1ccc(Sc2nc(Cl)nc(Nc3cccc(F)c3)n2)cc1. The largest absolute Gasteiger partial charge is 0.497 e. The van der Waals surface area contributed by atoms with Crippen molar-refractivity contribution in [2.24, 2.45) is 0 Å². The maximum absolute atomic E-state index is 13.2. The van der Waals surface area contributed by atoms with Crippen LogP contribution in [-0.2, 0) is 0 Å². The maximum atomic E-state index is 13.2. The first kappa shape index (κ1) is 16.5. The van der Waals surface area contributed by atoms with Crippen LogP contribution in [0.25, 0.3) is 0 Å². The van der Waals surface area contributed by atoms with E-state index < -0.39 is 0 Å². The first-order chi connectivity index (χ1) is 11.6. The van der Waals surface area contributed by atoms with Crippen LogP contribution in [0, 0.1) is 5.82 Å². The Hall–Kier alpha value is -2.38. The van der Waals surface area contributed by atoms with E-state index in [0.717, 1.165) is 10.6 Å². The third kappa shape index (κ3) is 4.33. The highest BCUT2D eigenvalue weighted by Crippen LogP contribution is 2.28. The van der Waals surface area contributed by atoms with Gasteiger partial charge in [-0.25, -0.2) is 4.39 Å². The van der Waals surface area contributed by atoms with Gasteiger partial charge in [-0.2, -0.15) is 15.0 Å². The summed E-state index contributed by atoms with van der Waals surface area (Å²) in [7, 11) is 1.61. The highest BCUT2D eigenvalue weighted by Gasteiger charge is 2.08. The molecule has 24 heavy (non-hydrogen) atoms. The van der Waals surface area contributed by atoms with Crippen LogP contribution >= 0.6 is 23.4 Å². The summed E-state index contributed by atoms with van der Waals surface area (Å²) in [5, 5.41) is 3.40. The van der Waals surface area contributed by atoms with Crippen molar-refractivity contribution in [2.75, 3.05) is 12.4 Å². The van der Waals surface area contributed by atoms with Crippen molar-refractivity contribution in [3.63, 3.8) is 0 Å². The number of ether oxygens (including phenoxy) is 1. The predicted molar refractivity (Wildman–Crippen MR) is 91.6 cm³/mol. The minimum absolute atomic E-state index is 0.0555. The Morgan fingerprint density at radius 3 is 2.58 bits per heavy atom. The molecule has 1 heterocycles. The quantitative estimate of drug-likeness (QED) is 0.717. The highest BCUT2D eigenvalue weighted by molar-refractivity contribution is 7.99. The van der Waals surface area contributed by atoms with Crippen LogP contribution in [0.3, 0.4) is 0 Å². The molecule has 0 saturated carbocycles. The Morgan fingerprint density at radius 1 is 1.08 bits per heavy atom. The van der Waals surface area contributed by atoms with Gasteiger partial charge < -0.3 is 10.1 Å². The van der Waals surface area contributed by atoms with Crippen molar-refractivity contribution in [2.45, 2.75) is 10.1 Å². The molecule has 0 bridgehead atoms. The summed E-state index contributed by atoms with van der Waals surface area (Å²) >= 11 is 7.28. The molecule has 5 nitrogen and oxygen atoms in total. The fourth-order valence-electron chi connectivity index (χ4n) is 1.88. The van der Waals surface area contributed by atoms with Crippen LogP contribution in [0.4, 0.5) is 16.0 Å². The Balaban J connectivity index is 1.80. The van der Waals surface area contributed by atoms with Gasteiger partial charge in [0.2, 0.25) is 11.2 Å². The lowest BCUT2D eigenvalue weighted by molar-refractivity contribution is 0.414. The number of benzene rings is 2. The minimum Gasteiger partial charge on any atom is -0.497 e. The molecular weight excluding hydrogens is 351 g/mol. The Kier molecular flexibility index (Phi) is 5.12. The second-order valence-corrected chi connectivity index (χ2v) is 6.00. The van der Waals surface area contributed by atoms with Crippen molar-refractivity contribution in [3.8, 4) is 5.75 Å². The zero-order valence-corrected chi connectivity index (χ0v) is 14.1. The van der Waals surface area contributed by atoms with Crippen LogP contribution in [0.1, 0.15) is 0 Å². The molecule has 0 radical (unpaired) electrons. The van der Waals surface area contributed by atoms with E-state index in [-0.39, 0.29) is 17.0 Å². The summed E-state index contributed by atoms with van der Waals surface area (Å²) < 4.78 is 18.4. The Bertz CT molecular complexity index is 848. The molecule has 0 atom stereocenters. The van der Waals surface area contributed by atoms with E-state index in [2.05, 4.69) is 20.3 Å². The number of nitrogens with one attached hydrogen (secondary N) is 1. The van der Waals surface area contributed by atoms with Crippen molar-refractivity contribution < 1.29 is 9.13 Å². The van der Waals surface area contributed by atoms with E-state index >= 15 is 0 Å². The average molecular weight is 363 g/mol. The molecule has 0 amide bonds. The summed E-state index contributed by atoms with van der Waals surface area (Å²) in [5.74, 6) is 0.658. The van der Waals surface area contributed by atoms with Gasteiger partial charge in [-0.3, -0.25) is 0 Å². The van der Waals surface area contributed by atoms with E-state index in [9.17, 15) is 4.39 Å². The maximum Gasteiger partial charge on any atom is 0.232 e. The molecule has 0 fully saturated rings. The van der Waals surface area contributed by atoms with E-state index in [1.165, 1.54) is 23.9 Å². The number of halogens is 2. The second kappa shape index (κ2) is 7.46. The molecule has 0 aliphatic heterocycles. The molecule has 0 aliphatic carbocycles. The third-order valence-electron chi connectivity index (χ3n) is 2.94. The Labute approximate surface area is 147 Å². The predicted octanol–water partition coefficient (Wildman–Crippen LogP) is 4.57. The van der Waals surface area contributed by atoms with Crippen molar-refractivity contribution in [1.29, 1.82) is 0 Å². The van der Waals surface area contributed by atoms with Crippen molar-refractivity contribution >= 4 is 35.0 Å². The van der Waals surface area contributed by atoms with E-state index in [4.69, 9.17) is 16.3 Å². The average Bonchev–Trinajstić information content (AvgIpc) is 2.55. The highest BCUT2D eigenvalue weighted by atomic mass is 35.5. The van der Waals surface area contributed by atoms with Gasteiger partial charge in [-0.05, 0) is 65.8 Å². The normalized spacial score (nSPS) is 10.5. The van der Waals surface area contributed by atoms with Gasteiger partial charge in [0, 0.05) is 10.6 Å². The van der Waals surface area contributed by atoms with Crippen LogP contribution in [0.5, 0.6) is 5.75 Å². The molecule has 3 aromatic rings. The summed E-state index contributed by atoms with van der Waals surface area (Å²) in [5.41, 5.74) is 0.526. The summed E-state index contributed by atoms with van der Waals surface area (Å²) in [6, 6.07) is 13.5. The molecule has 0 saturated heterocycles. The molecular formula is C16H12ClFN4OS. The standard InChI is InChI=1S/C16H12ClFN4OS/c1-23-12-5-7-13(8-6-12)24-16-21-14(17)20-15(22-16)19-11-4-2-3-10(18)9-11/h2-9H,1H3,(H,19,20,21,22). The molecule has 0 unspecified atom stereocenters. The molecule has 8 heteroatoms. The fourth-order valence-corrected chi connectivity index (χ4v) is 2.84. The minimum atomic E-state index is -0.354. The zero-order chi connectivity index (χ0) is 16.9. The Morgan fingerprint density at radius 2 is 1.88 bits per heavy atom. The number of hydrogen-bond donors (Lipinski definition) is 1. The number of aromatic nitrogens is 3. The first-order valence-electron chi connectivity index (χ1n) is 6.88. The number of methoxy groups -OCH3 is 1. The topological polar surface area (TPSA) is 59.9 Å². The van der Waals surface area contributed by atoms with Gasteiger partial charge in [0.25, 0.3) is 0 Å². The lowest BCUT2D eigenvalue weighted by atomic mass is 10.3. The molecule has 3 rings (SSSR count). The van der Waals surface area contributed by atoms with E-state index in [1.54, 1.807) is 19.2 Å². The molecule has 0 spiro atoms. The second-order valence-electron chi connectivity index (χ2n) is 4.62. The number of hydrogen-bond acceptors (Lipinski definition) is 6. The van der Waals surface area contributed by atoms with Crippen LogP contribution in [-0.4, -0.2) is 22.1 Å². The lowest BCUT2D eigenvalue weighted by Crippen LogP contribution is -2.00. The van der Waals surface area contributed by atoms with Gasteiger partial charge in [-0.15, -0.1) is 0 Å². The van der Waals surface area contributed by atoms with Gasteiger partial charge >= 0.3 is 0 Å². The molecule has 0 aliphatic rings. The summed E-state index contributed by atoms with van der Waals surface area (Å²) in [4.78, 5) is 13.3. The lowest BCUT2D eigenvalue weighted by Gasteiger charge is -2.07. The molecule has 2 aromatic carbocycles. The van der Waals surface area contributed by atoms with Crippen LogP contribution < -0.4 is 10.1 Å². The summed E-state index contributed by atoms with van der Waals surface area (Å²) in [6.45, 7) is 0. The van der Waals surface area contributed by atoms with E-state index in [0.29, 0.717) is 10.8 Å². The zero-order valence-electron chi connectivity index (χ0n) is 12.5. The monoisotopic (exact) mass is 362 g/mol. The number of rotatable bonds is 5. The first-order valence-corrected chi connectivity index (χ1v) is 8.08. The molecule has 1 aromatic heterocycles. The molecule has 1 N–H and O–H groups in total. The van der Waals surface area contributed by atoms with Gasteiger partial charge in [0.1, 0.15) is 11.6 Å². The van der Waals surface area contributed by atoms with Gasteiger partial charge in [0.15, 0.2) is 5.16 Å². The third-order valence-corrected chi connectivity index (χ3v) is 3.98. The number of anilines is 2. The van der Waals surface area contributed by atoms with Gasteiger partial charge in [0.05, 0.1) is 7.11 Å². The van der Waals surface area contributed by atoms with E-state index in [1.807, 2.05) is 24.3 Å². The number of nitrogens with zero attached hydrogens (tertiary/aromatic N) is 3. The van der Waals surface area contributed by atoms with Crippen molar-refractivity contribution in [1.82, 2.24) is 15.0 Å². The van der Waals surface area contributed by atoms with Crippen LogP contribution in [0.15, 0.2) is 58.6 Å². The fraction of sp³-hybridized carbons (Fsp3) is 0.0625.